The number of aliphatic carboxylic acids is 1. The molecular weight excluding hydrogens is 246 g/mol. The van der Waals surface area contributed by atoms with E-state index >= 15 is 0 Å². The van der Waals surface area contributed by atoms with E-state index in [1.807, 2.05) is 34.6 Å². The highest BCUT2D eigenvalue weighted by molar-refractivity contribution is 5.82. The van der Waals surface area contributed by atoms with Gasteiger partial charge in [0.25, 0.3) is 0 Å². The Morgan fingerprint density at radius 2 is 1.79 bits per heavy atom. The van der Waals surface area contributed by atoms with Crippen LogP contribution in [0.3, 0.4) is 0 Å². The van der Waals surface area contributed by atoms with Gasteiger partial charge in [-0.05, 0) is 18.3 Å². The van der Waals surface area contributed by atoms with Crippen LogP contribution in [0.4, 0.5) is 0 Å². The lowest BCUT2D eigenvalue weighted by Gasteiger charge is -2.45. The summed E-state index contributed by atoms with van der Waals surface area (Å²) in [5, 5.41) is 12.6. The van der Waals surface area contributed by atoms with Crippen molar-refractivity contribution in [2.75, 3.05) is 13.2 Å². The standard InChI is InChI=1S/C14H27NO4/c1-7-10(3)14(12(17)18,13(4,5)6)15-9-11(16)19-8-2/h10,15H,7-9H2,1-6H3,(H,17,18)/t10-,14+/m0/s1. The van der Waals surface area contributed by atoms with Gasteiger partial charge in [0.05, 0.1) is 13.2 Å². The fraction of sp³-hybridized carbons (Fsp3) is 0.857. The molecule has 0 aromatic heterocycles. The zero-order valence-corrected chi connectivity index (χ0v) is 12.9. The highest BCUT2D eigenvalue weighted by Gasteiger charge is 2.52. The van der Waals surface area contributed by atoms with Crippen LogP contribution in [0, 0.1) is 11.3 Å². The molecule has 0 rings (SSSR count). The van der Waals surface area contributed by atoms with Gasteiger partial charge in [-0.25, -0.2) is 0 Å². The molecule has 0 aromatic carbocycles. The molecule has 112 valence electrons. The lowest BCUT2D eigenvalue weighted by atomic mass is 9.65. The van der Waals surface area contributed by atoms with Crippen molar-refractivity contribution in [1.29, 1.82) is 0 Å². The Labute approximate surface area is 115 Å². The molecule has 0 unspecified atom stereocenters. The van der Waals surface area contributed by atoms with Crippen LogP contribution in [0.1, 0.15) is 48.0 Å². The quantitative estimate of drug-likeness (QED) is 0.694. The molecule has 0 aliphatic carbocycles. The number of ether oxygens (including phenoxy) is 1. The van der Waals surface area contributed by atoms with Gasteiger partial charge in [0, 0.05) is 0 Å². The van der Waals surface area contributed by atoms with Gasteiger partial charge in [-0.2, -0.15) is 0 Å². The fourth-order valence-corrected chi connectivity index (χ4v) is 2.52. The summed E-state index contributed by atoms with van der Waals surface area (Å²) in [4.78, 5) is 23.3. The van der Waals surface area contributed by atoms with E-state index in [0.717, 1.165) is 0 Å². The summed E-state index contributed by atoms with van der Waals surface area (Å²) >= 11 is 0. The lowest BCUT2D eigenvalue weighted by Crippen LogP contribution is -2.65. The van der Waals surface area contributed by atoms with E-state index in [0.29, 0.717) is 13.0 Å². The van der Waals surface area contributed by atoms with Crippen LogP contribution in [0.15, 0.2) is 0 Å². The van der Waals surface area contributed by atoms with Gasteiger partial charge in [-0.15, -0.1) is 0 Å². The summed E-state index contributed by atoms with van der Waals surface area (Å²) in [5.74, 6) is -1.47. The molecule has 0 aromatic rings. The van der Waals surface area contributed by atoms with Crippen LogP contribution < -0.4 is 5.32 Å². The first kappa shape index (κ1) is 17.9. The molecule has 2 N–H and O–H groups in total. The number of hydrogen-bond acceptors (Lipinski definition) is 4. The number of hydrogen-bond donors (Lipinski definition) is 2. The van der Waals surface area contributed by atoms with Crippen molar-refractivity contribution in [3.63, 3.8) is 0 Å². The normalized spacial score (nSPS) is 16.5. The Kier molecular flexibility index (Phi) is 6.49. The zero-order valence-electron chi connectivity index (χ0n) is 12.9. The van der Waals surface area contributed by atoms with Gasteiger partial charge >= 0.3 is 11.9 Å². The molecule has 0 aliphatic heterocycles. The molecular formula is C14H27NO4. The molecule has 0 saturated heterocycles. The Balaban J connectivity index is 5.26. The molecule has 0 fully saturated rings. The molecule has 0 amide bonds. The van der Waals surface area contributed by atoms with Gasteiger partial charge < -0.3 is 9.84 Å². The van der Waals surface area contributed by atoms with Crippen molar-refractivity contribution in [1.82, 2.24) is 5.32 Å². The summed E-state index contributed by atoms with van der Waals surface area (Å²) in [7, 11) is 0. The summed E-state index contributed by atoms with van der Waals surface area (Å²) in [5.41, 5.74) is -1.69. The third kappa shape index (κ3) is 3.93. The van der Waals surface area contributed by atoms with E-state index in [2.05, 4.69) is 5.32 Å². The second-order valence-electron chi connectivity index (χ2n) is 5.83. The highest BCUT2D eigenvalue weighted by atomic mass is 16.5. The van der Waals surface area contributed by atoms with Crippen molar-refractivity contribution >= 4 is 11.9 Å². The number of carboxylic acid groups (broad SMARTS) is 1. The Bertz CT molecular complexity index is 322. The topological polar surface area (TPSA) is 75.6 Å². The van der Waals surface area contributed by atoms with E-state index in [-0.39, 0.29) is 12.5 Å². The predicted molar refractivity (Wildman–Crippen MR) is 73.9 cm³/mol. The molecule has 0 radical (unpaired) electrons. The molecule has 0 heterocycles. The molecule has 0 aliphatic rings. The third-order valence-corrected chi connectivity index (χ3v) is 3.69. The van der Waals surface area contributed by atoms with Crippen molar-refractivity contribution in [3.05, 3.63) is 0 Å². The Morgan fingerprint density at radius 1 is 1.26 bits per heavy atom. The van der Waals surface area contributed by atoms with Crippen LogP contribution >= 0.6 is 0 Å². The summed E-state index contributed by atoms with van der Waals surface area (Å²) in [6, 6.07) is 0. The van der Waals surface area contributed by atoms with E-state index < -0.39 is 22.9 Å². The zero-order chi connectivity index (χ0) is 15.3. The third-order valence-electron chi connectivity index (χ3n) is 3.69. The second kappa shape index (κ2) is 6.89. The van der Waals surface area contributed by atoms with Crippen molar-refractivity contribution < 1.29 is 19.4 Å². The number of carbonyl (C=O) groups excluding carboxylic acids is 1. The van der Waals surface area contributed by atoms with Gasteiger partial charge in [-0.1, -0.05) is 41.0 Å². The van der Waals surface area contributed by atoms with E-state index in [4.69, 9.17) is 4.74 Å². The first-order valence-corrected chi connectivity index (χ1v) is 6.77. The smallest absolute Gasteiger partial charge is 0.324 e. The number of carbonyl (C=O) groups is 2. The average Bonchev–Trinajstić information content (AvgIpc) is 2.27. The first-order chi connectivity index (χ1) is 8.63. The average molecular weight is 273 g/mol. The summed E-state index contributed by atoms with van der Waals surface area (Å²) in [6.07, 6.45) is 0.708. The maximum Gasteiger partial charge on any atom is 0.324 e. The Hall–Kier alpha value is -1.10. The number of esters is 1. The van der Waals surface area contributed by atoms with E-state index in [9.17, 15) is 14.7 Å². The molecule has 5 nitrogen and oxygen atoms in total. The van der Waals surface area contributed by atoms with Gasteiger partial charge in [0.15, 0.2) is 0 Å². The molecule has 19 heavy (non-hydrogen) atoms. The van der Waals surface area contributed by atoms with Gasteiger partial charge in [0.1, 0.15) is 5.54 Å². The maximum atomic E-state index is 11.8. The van der Waals surface area contributed by atoms with Crippen molar-refractivity contribution in [2.45, 2.75) is 53.5 Å². The van der Waals surface area contributed by atoms with E-state index in [1.54, 1.807) is 6.92 Å². The second-order valence-corrected chi connectivity index (χ2v) is 5.83. The Morgan fingerprint density at radius 3 is 2.11 bits per heavy atom. The molecule has 0 spiro atoms. The number of nitrogens with one attached hydrogen (secondary N) is 1. The van der Waals surface area contributed by atoms with Gasteiger partial charge in [-0.3, -0.25) is 14.9 Å². The largest absolute Gasteiger partial charge is 0.480 e. The highest BCUT2D eigenvalue weighted by Crippen LogP contribution is 2.38. The van der Waals surface area contributed by atoms with Crippen LogP contribution in [0.5, 0.6) is 0 Å². The predicted octanol–water partition coefficient (Wildman–Crippen LogP) is 2.05. The van der Waals surface area contributed by atoms with Crippen LogP contribution in [-0.2, 0) is 14.3 Å². The molecule has 2 atom stereocenters. The summed E-state index contributed by atoms with van der Waals surface area (Å²) < 4.78 is 4.85. The van der Waals surface area contributed by atoms with Crippen LogP contribution in [-0.4, -0.2) is 35.7 Å². The summed E-state index contributed by atoms with van der Waals surface area (Å²) in [6.45, 7) is 11.3. The minimum Gasteiger partial charge on any atom is -0.480 e. The van der Waals surface area contributed by atoms with E-state index in [1.165, 1.54) is 0 Å². The van der Waals surface area contributed by atoms with Gasteiger partial charge in [0.2, 0.25) is 0 Å². The molecule has 5 heteroatoms. The number of rotatable bonds is 7. The van der Waals surface area contributed by atoms with Crippen LogP contribution in [0.25, 0.3) is 0 Å². The SMILES string of the molecule is CCOC(=O)CN[C@@](C(=O)O)([C@@H](C)CC)C(C)(C)C. The molecule has 0 bridgehead atoms. The monoisotopic (exact) mass is 273 g/mol. The van der Waals surface area contributed by atoms with Crippen LogP contribution in [0.2, 0.25) is 0 Å². The lowest BCUT2D eigenvalue weighted by molar-refractivity contribution is -0.155. The number of carboxylic acids is 1. The maximum absolute atomic E-state index is 11.8. The molecule has 0 saturated carbocycles. The van der Waals surface area contributed by atoms with Crippen molar-refractivity contribution in [3.8, 4) is 0 Å². The minimum atomic E-state index is -1.16. The first-order valence-electron chi connectivity index (χ1n) is 6.77. The minimum absolute atomic E-state index is 0.0955. The fourth-order valence-electron chi connectivity index (χ4n) is 2.52. The van der Waals surface area contributed by atoms with Crippen molar-refractivity contribution in [2.24, 2.45) is 11.3 Å².